The fourth-order valence-electron chi connectivity index (χ4n) is 3.64. The van der Waals surface area contributed by atoms with Crippen LogP contribution in [0.1, 0.15) is 39.7 Å². The first-order valence-electron chi connectivity index (χ1n) is 10.8. The molecule has 33 heavy (non-hydrogen) atoms. The van der Waals surface area contributed by atoms with Gasteiger partial charge in [0.1, 0.15) is 10.8 Å². The fourth-order valence-corrected chi connectivity index (χ4v) is 4.46. The number of nitrogens with zero attached hydrogens (tertiary/aromatic N) is 3. The average molecular weight is 459 g/mol. The number of carbonyl (C=O) groups is 1. The van der Waals surface area contributed by atoms with E-state index < -0.39 is 0 Å². The number of rotatable bonds is 7. The van der Waals surface area contributed by atoms with Crippen LogP contribution in [0.4, 0.5) is 0 Å². The van der Waals surface area contributed by atoms with Crippen molar-refractivity contribution in [1.82, 2.24) is 20.3 Å². The maximum absolute atomic E-state index is 13.3. The van der Waals surface area contributed by atoms with Crippen LogP contribution in [0.3, 0.4) is 0 Å². The lowest BCUT2D eigenvalue weighted by molar-refractivity contribution is 0.0951. The highest BCUT2D eigenvalue weighted by Gasteiger charge is 2.18. The number of hydrogen-bond acceptors (Lipinski definition) is 6. The van der Waals surface area contributed by atoms with Crippen molar-refractivity contribution in [3.8, 4) is 27.6 Å². The van der Waals surface area contributed by atoms with Gasteiger partial charge in [0.25, 0.3) is 5.91 Å². The summed E-state index contributed by atoms with van der Waals surface area (Å²) in [5.74, 6) is 0.690. The van der Waals surface area contributed by atoms with Crippen molar-refractivity contribution in [1.29, 1.82) is 0 Å². The monoisotopic (exact) mass is 458 g/mol. The maximum Gasteiger partial charge on any atom is 0.252 e. The molecule has 0 atom stereocenters. The summed E-state index contributed by atoms with van der Waals surface area (Å²) in [6, 6.07) is 9.82. The number of nitrogens with one attached hydrogen (secondary N) is 1. The van der Waals surface area contributed by atoms with E-state index >= 15 is 0 Å². The summed E-state index contributed by atoms with van der Waals surface area (Å²) in [6.07, 6.45) is 6.14. The lowest BCUT2D eigenvalue weighted by atomic mass is 10.0. The van der Waals surface area contributed by atoms with Gasteiger partial charge in [-0.25, -0.2) is 4.98 Å². The molecule has 0 fully saturated rings. The Balaban J connectivity index is 1.66. The number of aryl methyl sites for hydroxylation is 3. The predicted molar refractivity (Wildman–Crippen MR) is 132 cm³/mol. The summed E-state index contributed by atoms with van der Waals surface area (Å²) in [6.45, 7) is 6.42. The molecule has 6 nitrogen and oxygen atoms in total. The molecule has 0 aliphatic rings. The summed E-state index contributed by atoms with van der Waals surface area (Å²) < 4.78 is 5.41. The maximum atomic E-state index is 13.3. The first-order valence-corrected chi connectivity index (χ1v) is 11.6. The summed E-state index contributed by atoms with van der Waals surface area (Å²) in [7, 11) is 1.67. The van der Waals surface area contributed by atoms with Gasteiger partial charge in [0.05, 0.1) is 18.4 Å². The molecule has 1 amide bonds. The molecule has 4 rings (SSSR count). The second-order valence-electron chi connectivity index (χ2n) is 7.84. The van der Waals surface area contributed by atoms with Gasteiger partial charge in [-0.15, -0.1) is 11.3 Å². The number of amides is 1. The molecule has 0 saturated heterocycles. The van der Waals surface area contributed by atoms with Crippen LogP contribution in [0.25, 0.3) is 21.8 Å². The van der Waals surface area contributed by atoms with Crippen molar-refractivity contribution >= 4 is 17.2 Å². The Morgan fingerprint density at radius 2 is 1.97 bits per heavy atom. The number of aromatic nitrogens is 3. The van der Waals surface area contributed by atoms with E-state index in [-0.39, 0.29) is 5.91 Å². The van der Waals surface area contributed by atoms with Crippen molar-refractivity contribution in [2.75, 3.05) is 7.11 Å². The largest absolute Gasteiger partial charge is 0.496 e. The highest BCUT2D eigenvalue weighted by atomic mass is 32.1. The molecular weight excluding hydrogens is 432 g/mol. The zero-order valence-electron chi connectivity index (χ0n) is 19.2. The number of benzene rings is 1. The number of methoxy groups -OCH3 is 1. The Labute approximate surface area is 197 Å². The molecule has 0 aliphatic carbocycles. The van der Waals surface area contributed by atoms with Gasteiger partial charge in [-0.05, 0) is 55.2 Å². The van der Waals surface area contributed by atoms with Crippen LogP contribution in [0.2, 0.25) is 0 Å². The topological polar surface area (TPSA) is 77.0 Å². The smallest absolute Gasteiger partial charge is 0.252 e. The van der Waals surface area contributed by atoms with E-state index in [0.717, 1.165) is 50.7 Å². The summed E-state index contributed by atoms with van der Waals surface area (Å²) in [5.41, 5.74) is 6.91. The Morgan fingerprint density at radius 3 is 2.67 bits per heavy atom. The average Bonchev–Trinajstić information content (AvgIpc) is 3.28. The summed E-state index contributed by atoms with van der Waals surface area (Å²) in [4.78, 5) is 26.8. The van der Waals surface area contributed by atoms with E-state index in [9.17, 15) is 4.79 Å². The minimum atomic E-state index is -0.170. The van der Waals surface area contributed by atoms with Gasteiger partial charge < -0.3 is 10.1 Å². The first kappa shape index (κ1) is 22.6. The second kappa shape index (κ2) is 9.92. The number of ether oxygens (including phenoxy) is 1. The molecule has 1 N–H and O–H groups in total. The van der Waals surface area contributed by atoms with E-state index in [1.165, 1.54) is 11.3 Å². The van der Waals surface area contributed by atoms with Crippen molar-refractivity contribution in [2.24, 2.45) is 0 Å². The van der Waals surface area contributed by atoms with Crippen LogP contribution in [-0.2, 0) is 13.0 Å². The van der Waals surface area contributed by atoms with Crippen molar-refractivity contribution < 1.29 is 9.53 Å². The van der Waals surface area contributed by atoms with Gasteiger partial charge in [-0.3, -0.25) is 14.8 Å². The SMILES string of the molecule is CCc1cc(CNC(=O)c2cc(-c3cncc(C)c3)ncc2-c2nc(C)cs2)ccc1OC. The molecular formula is C26H26N4O2S. The van der Waals surface area contributed by atoms with Gasteiger partial charge in [0, 0.05) is 47.3 Å². The van der Waals surface area contributed by atoms with Crippen molar-refractivity contribution in [2.45, 2.75) is 33.7 Å². The zero-order chi connectivity index (χ0) is 23.4. The minimum absolute atomic E-state index is 0.170. The molecule has 1 aromatic carbocycles. The van der Waals surface area contributed by atoms with E-state index in [4.69, 9.17) is 4.74 Å². The Kier molecular flexibility index (Phi) is 6.79. The number of pyridine rings is 2. The molecule has 7 heteroatoms. The number of thiazole rings is 1. The van der Waals surface area contributed by atoms with Crippen LogP contribution in [0.5, 0.6) is 5.75 Å². The van der Waals surface area contributed by atoms with Crippen LogP contribution in [0, 0.1) is 13.8 Å². The second-order valence-corrected chi connectivity index (χ2v) is 8.70. The molecule has 0 saturated carbocycles. The van der Waals surface area contributed by atoms with Gasteiger partial charge in [-0.1, -0.05) is 19.1 Å². The van der Waals surface area contributed by atoms with Crippen LogP contribution in [0.15, 0.2) is 54.3 Å². The third-order valence-electron chi connectivity index (χ3n) is 5.35. The third-order valence-corrected chi connectivity index (χ3v) is 6.34. The summed E-state index contributed by atoms with van der Waals surface area (Å²) in [5, 5.41) is 5.81. The van der Waals surface area contributed by atoms with E-state index in [2.05, 4.69) is 33.3 Å². The third kappa shape index (κ3) is 5.09. The lowest BCUT2D eigenvalue weighted by Crippen LogP contribution is -2.23. The molecule has 168 valence electrons. The predicted octanol–water partition coefficient (Wildman–Crippen LogP) is 5.38. The number of carbonyl (C=O) groups excluding carboxylic acids is 1. The summed E-state index contributed by atoms with van der Waals surface area (Å²) >= 11 is 1.50. The van der Waals surface area contributed by atoms with Crippen molar-refractivity contribution in [3.63, 3.8) is 0 Å². The Hall–Kier alpha value is -3.58. The molecule has 3 aromatic heterocycles. The first-order chi connectivity index (χ1) is 16.0. The standard InChI is InChI=1S/C26H26N4O2S/c1-5-19-9-18(6-7-24(19)32-4)12-29-25(31)21-10-23(20-8-16(2)11-27-13-20)28-14-22(21)26-30-17(3)15-33-26/h6-11,13-15H,5,12H2,1-4H3,(H,29,31). The van der Waals surface area contributed by atoms with E-state index in [0.29, 0.717) is 17.8 Å². The quantitative estimate of drug-likeness (QED) is 0.402. The Bertz CT molecular complexity index is 1300. The molecule has 0 spiro atoms. The fraction of sp³-hybridized carbons (Fsp3) is 0.231. The van der Waals surface area contributed by atoms with E-state index in [1.807, 2.05) is 43.5 Å². The molecule has 3 heterocycles. The minimum Gasteiger partial charge on any atom is -0.496 e. The highest BCUT2D eigenvalue weighted by Crippen LogP contribution is 2.30. The van der Waals surface area contributed by atoms with Gasteiger partial charge >= 0.3 is 0 Å². The van der Waals surface area contributed by atoms with Crippen molar-refractivity contribution in [3.05, 3.63) is 82.3 Å². The van der Waals surface area contributed by atoms with Crippen LogP contribution >= 0.6 is 11.3 Å². The highest BCUT2D eigenvalue weighted by molar-refractivity contribution is 7.13. The Morgan fingerprint density at radius 1 is 1.12 bits per heavy atom. The normalized spacial score (nSPS) is 10.8. The zero-order valence-corrected chi connectivity index (χ0v) is 20.0. The molecule has 0 bridgehead atoms. The molecule has 4 aromatic rings. The van der Waals surface area contributed by atoms with Crippen LogP contribution in [-0.4, -0.2) is 28.0 Å². The van der Waals surface area contributed by atoms with Gasteiger partial charge in [0.15, 0.2) is 0 Å². The van der Waals surface area contributed by atoms with E-state index in [1.54, 1.807) is 25.7 Å². The molecule has 0 unspecified atom stereocenters. The van der Waals surface area contributed by atoms with Crippen LogP contribution < -0.4 is 10.1 Å². The number of hydrogen-bond donors (Lipinski definition) is 1. The van der Waals surface area contributed by atoms with Gasteiger partial charge in [0.2, 0.25) is 0 Å². The lowest BCUT2D eigenvalue weighted by Gasteiger charge is -2.12. The molecule has 0 aliphatic heterocycles. The molecule has 0 radical (unpaired) electrons. The van der Waals surface area contributed by atoms with Gasteiger partial charge in [-0.2, -0.15) is 0 Å².